The number of nitrogens with one attached hydrogen (secondary N) is 2. The molecule has 0 aliphatic heterocycles. The first-order valence-electron chi connectivity index (χ1n) is 6.62. The summed E-state index contributed by atoms with van der Waals surface area (Å²) >= 11 is 0. The molecule has 0 aliphatic rings. The average molecular weight is 287 g/mol. The molecule has 7 heteroatoms. The van der Waals surface area contributed by atoms with Crippen molar-refractivity contribution in [3.63, 3.8) is 0 Å². The summed E-state index contributed by atoms with van der Waals surface area (Å²) in [5.74, 6) is 0.525. The van der Waals surface area contributed by atoms with Gasteiger partial charge in [0.2, 0.25) is 11.8 Å². The molecule has 0 atom stereocenters. The molecule has 1 aromatic heterocycles. The van der Waals surface area contributed by atoms with Crippen LogP contribution in [-0.4, -0.2) is 21.9 Å². The Morgan fingerprint density at radius 1 is 1.33 bits per heavy atom. The highest BCUT2D eigenvalue weighted by atomic mass is 16.6. The van der Waals surface area contributed by atoms with Crippen LogP contribution in [0.4, 0.5) is 23.1 Å². The molecule has 0 fully saturated rings. The van der Waals surface area contributed by atoms with Gasteiger partial charge in [-0.2, -0.15) is 4.98 Å². The second-order valence-electron chi connectivity index (χ2n) is 4.52. The van der Waals surface area contributed by atoms with E-state index in [1.807, 2.05) is 24.3 Å². The second-order valence-corrected chi connectivity index (χ2v) is 4.52. The van der Waals surface area contributed by atoms with Gasteiger partial charge in [-0.25, -0.2) is 4.98 Å². The van der Waals surface area contributed by atoms with Gasteiger partial charge < -0.3 is 10.6 Å². The third kappa shape index (κ3) is 3.25. The van der Waals surface area contributed by atoms with Gasteiger partial charge in [-0.15, -0.1) is 0 Å². The number of hydrogen-bond donors (Lipinski definition) is 2. The first-order chi connectivity index (χ1) is 10.0. The summed E-state index contributed by atoms with van der Waals surface area (Å²) in [4.78, 5) is 18.9. The monoisotopic (exact) mass is 287 g/mol. The molecule has 0 saturated carbocycles. The maximum Gasteiger partial charge on any atom is 0.332 e. The number of anilines is 3. The molecule has 0 saturated heterocycles. The molecule has 2 aromatic rings. The zero-order valence-corrected chi connectivity index (χ0v) is 12.2. The standard InChI is InChI=1S/C14H17N5O2/c1-4-10-6-5-7-11(8-10)17-13-12(19(20)21)9(2)16-14(15-3)18-13/h5-8H,4H2,1-3H3,(H2,15,16,17,18). The molecule has 7 nitrogen and oxygen atoms in total. The number of hydrogen-bond acceptors (Lipinski definition) is 6. The van der Waals surface area contributed by atoms with Gasteiger partial charge in [0.25, 0.3) is 0 Å². The van der Waals surface area contributed by atoms with E-state index in [2.05, 4.69) is 27.5 Å². The zero-order chi connectivity index (χ0) is 15.4. The topological polar surface area (TPSA) is 93.0 Å². The van der Waals surface area contributed by atoms with Crippen LogP contribution in [0.5, 0.6) is 0 Å². The minimum absolute atomic E-state index is 0.115. The third-order valence-corrected chi connectivity index (χ3v) is 3.06. The highest BCUT2D eigenvalue weighted by Gasteiger charge is 2.22. The molecule has 2 rings (SSSR count). The molecular weight excluding hydrogens is 270 g/mol. The van der Waals surface area contributed by atoms with E-state index in [-0.39, 0.29) is 11.5 Å². The first kappa shape index (κ1) is 14.7. The van der Waals surface area contributed by atoms with Crippen molar-refractivity contribution in [2.75, 3.05) is 17.7 Å². The maximum absolute atomic E-state index is 11.2. The highest BCUT2D eigenvalue weighted by Crippen LogP contribution is 2.29. The Bertz CT molecular complexity index is 672. The van der Waals surface area contributed by atoms with Crippen molar-refractivity contribution in [2.45, 2.75) is 20.3 Å². The number of benzene rings is 1. The van der Waals surface area contributed by atoms with Crippen LogP contribution in [0.3, 0.4) is 0 Å². The van der Waals surface area contributed by atoms with Crippen LogP contribution in [0.15, 0.2) is 24.3 Å². The SMILES string of the molecule is CCc1cccc(Nc2nc(NC)nc(C)c2[N+](=O)[O-])c1. The zero-order valence-electron chi connectivity index (χ0n) is 12.2. The van der Waals surface area contributed by atoms with E-state index in [4.69, 9.17) is 0 Å². The number of aromatic nitrogens is 2. The van der Waals surface area contributed by atoms with Crippen molar-refractivity contribution in [1.82, 2.24) is 9.97 Å². The summed E-state index contributed by atoms with van der Waals surface area (Å²) in [5, 5.41) is 17.0. The minimum Gasteiger partial charge on any atom is -0.357 e. The van der Waals surface area contributed by atoms with Gasteiger partial charge in [-0.05, 0) is 31.0 Å². The van der Waals surface area contributed by atoms with Gasteiger partial charge in [-0.1, -0.05) is 19.1 Å². The molecule has 1 heterocycles. The fourth-order valence-electron chi connectivity index (χ4n) is 1.99. The lowest BCUT2D eigenvalue weighted by atomic mass is 10.1. The largest absolute Gasteiger partial charge is 0.357 e. The Balaban J connectivity index is 2.46. The quantitative estimate of drug-likeness (QED) is 0.648. The first-order valence-corrected chi connectivity index (χ1v) is 6.62. The summed E-state index contributed by atoms with van der Waals surface area (Å²) in [6.07, 6.45) is 0.891. The Kier molecular flexibility index (Phi) is 4.32. The van der Waals surface area contributed by atoms with E-state index >= 15 is 0 Å². The molecule has 110 valence electrons. The lowest BCUT2D eigenvalue weighted by Crippen LogP contribution is -2.07. The Morgan fingerprint density at radius 3 is 2.71 bits per heavy atom. The van der Waals surface area contributed by atoms with Crippen LogP contribution in [0.1, 0.15) is 18.2 Å². The fraction of sp³-hybridized carbons (Fsp3) is 0.286. The van der Waals surface area contributed by atoms with Crippen molar-refractivity contribution < 1.29 is 4.92 Å². The molecule has 0 amide bonds. The summed E-state index contributed by atoms with van der Waals surface area (Å²) in [6, 6.07) is 7.70. The lowest BCUT2D eigenvalue weighted by molar-refractivity contribution is -0.385. The fourth-order valence-corrected chi connectivity index (χ4v) is 1.99. The lowest BCUT2D eigenvalue weighted by Gasteiger charge is -2.10. The summed E-state index contributed by atoms with van der Waals surface area (Å²) in [7, 11) is 1.67. The van der Waals surface area contributed by atoms with Gasteiger partial charge in [-0.3, -0.25) is 10.1 Å². The Labute approximate surface area is 122 Å². The van der Waals surface area contributed by atoms with Gasteiger partial charge in [0.05, 0.1) is 4.92 Å². The van der Waals surface area contributed by atoms with Gasteiger partial charge >= 0.3 is 5.69 Å². The minimum atomic E-state index is -0.471. The maximum atomic E-state index is 11.2. The highest BCUT2D eigenvalue weighted by molar-refractivity contribution is 5.68. The van der Waals surface area contributed by atoms with E-state index in [0.717, 1.165) is 17.7 Å². The molecule has 0 unspecified atom stereocenters. The van der Waals surface area contributed by atoms with Crippen LogP contribution < -0.4 is 10.6 Å². The molecule has 1 aromatic carbocycles. The molecule has 2 N–H and O–H groups in total. The van der Waals surface area contributed by atoms with Gasteiger partial charge in [0, 0.05) is 12.7 Å². The number of rotatable bonds is 5. The predicted molar refractivity (Wildman–Crippen MR) is 82.1 cm³/mol. The normalized spacial score (nSPS) is 10.2. The Morgan fingerprint density at radius 2 is 2.10 bits per heavy atom. The van der Waals surface area contributed by atoms with Crippen LogP contribution in [-0.2, 0) is 6.42 Å². The van der Waals surface area contributed by atoms with Crippen LogP contribution >= 0.6 is 0 Å². The molecule has 0 aliphatic carbocycles. The predicted octanol–water partition coefficient (Wildman–Crippen LogP) is 3.04. The van der Waals surface area contributed by atoms with Crippen molar-refractivity contribution in [3.05, 3.63) is 45.6 Å². The van der Waals surface area contributed by atoms with E-state index < -0.39 is 4.92 Å². The number of nitrogens with zero attached hydrogens (tertiary/aromatic N) is 3. The molecular formula is C14H17N5O2. The van der Waals surface area contributed by atoms with Crippen molar-refractivity contribution >= 4 is 23.1 Å². The van der Waals surface area contributed by atoms with E-state index in [0.29, 0.717) is 11.6 Å². The van der Waals surface area contributed by atoms with Gasteiger partial charge in [0.15, 0.2) is 0 Å². The number of aryl methyl sites for hydroxylation is 2. The third-order valence-electron chi connectivity index (χ3n) is 3.06. The summed E-state index contributed by atoms with van der Waals surface area (Å²) < 4.78 is 0. The molecule has 21 heavy (non-hydrogen) atoms. The summed E-state index contributed by atoms with van der Waals surface area (Å²) in [6.45, 7) is 3.64. The van der Waals surface area contributed by atoms with Crippen molar-refractivity contribution in [3.8, 4) is 0 Å². The molecule has 0 radical (unpaired) electrons. The van der Waals surface area contributed by atoms with E-state index in [1.54, 1.807) is 14.0 Å². The van der Waals surface area contributed by atoms with Crippen LogP contribution in [0.25, 0.3) is 0 Å². The van der Waals surface area contributed by atoms with E-state index in [1.165, 1.54) is 0 Å². The van der Waals surface area contributed by atoms with Crippen LogP contribution in [0, 0.1) is 17.0 Å². The number of nitro groups is 1. The van der Waals surface area contributed by atoms with Crippen molar-refractivity contribution in [2.24, 2.45) is 0 Å². The summed E-state index contributed by atoms with van der Waals surface area (Å²) in [5.41, 5.74) is 2.10. The molecule has 0 bridgehead atoms. The average Bonchev–Trinajstić information content (AvgIpc) is 2.46. The van der Waals surface area contributed by atoms with Gasteiger partial charge in [0.1, 0.15) is 5.69 Å². The second kappa shape index (κ2) is 6.17. The van der Waals surface area contributed by atoms with E-state index in [9.17, 15) is 10.1 Å². The van der Waals surface area contributed by atoms with Crippen molar-refractivity contribution in [1.29, 1.82) is 0 Å². The Hall–Kier alpha value is -2.70. The molecule has 0 spiro atoms. The smallest absolute Gasteiger partial charge is 0.332 e. The van der Waals surface area contributed by atoms with Crippen LogP contribution in [0.2, 0.25) is 0 Å².